The molecule has 0 aliphatic heterocycles. The number of aromatic nitrogens is 6. The Hall–Kier alpha value is -2.58. The minimum absolute atomic E-state index is 0.0172. The Kier molecular flexibility index (Phi) is 2.45. The summed E-state index contributed by atoms with van der Waals surface area (Å²) in [5.41, 5.74) is 0. The summed E-state index contributed by atoms with van der Waals surface area (Å²) in [4.78, 5) is 0.276. The van der Waals surface area contributed by atoms with Crippen molar-refractivity contribution in [3.63, 3.8) is 0 Å². The van der Waals surface area contributed by atoms with E-state index in [-0.39, 0.29) is 16.5 Å². The molecule has 2 aromatic rings. The van der Waals surface area contributed by atoms with Crippen molar-refractivity contribution >= 4 is 11.6 Å². The zero-order chi connectivity index (χ0) is 10.5. The summed E-state index contributed by atoms with van der Waals surface area (Å²) in [6, 6.07) is 2.81. The van der Waals surface area contributed by atoms with E-state index in [0.717, 1.165) is 0 Å². The normalized spacial score (nSPS) is 11.3. The summed E-state index contributed by atoms with van der Waals surface area (Å²) in [6.45, 7) is 0. The van der Waals surface area contributed by atoms with Crippen molar-refractivity contribution in [2.45, 2.75) is 0 Å². The average molecular weight is 204 g/mol. The second kappa shape index (κ2) is 4.09. The minimum atomic E-state index is 0.0172. The van der Waals surface area contributed by atoms with Gasteiger partial charge >= 0.3 is 5.82 Å². The van der Waals surface area contributed by atoms with Crippen LogP contribution in [0.5, 0.6) is 0 Å². The molecule has 2 rings (SSSR count). The molecule has 0 fully saturated rings. The molecule has 0 radical (unpaired) electrons. The van der Waals surface area contributed by atoms with Crippen molar-refractivity contribution in [3.8, 4) is 0 Å². The average Bonchev–Trinajstić information content (AvgIpc) is 2.31. The lowest BCUT2D eigenvalue weighted by molar-refractivity contribution is -0.440. The van der Waals surface area contributed by atoms with Crippen molar-refractivity contribution in [2.24, 2.45) is 5.11 Å². The van der Waals surface area contributed by atoms with E-state index in [0.29, 0.717) is 0 Å². The first kappa shape index (κ1) is 8.99. The second-order valence-corrected chi connectivity index (χ2v) is 2.33. The van der Waals surface area contributed by atoms with Gasteiger partial charge < -0.3 is 5.21 Å². The Morgan fingerprint density at radius 3 is 2.40 bits per heavy atom. The quantitative estimate of drug-likeness (QED) is 0.383. The topological polar surface area (TPSA) is 116 Å². The monoisotopic (exact) mass is 204 g/mol. The number of rotatable bonds is 2. The fraction of sp³-hybridized carbons (Fsp3) is 0. The molecule has 0 aliphatic carbocycles. The lowest BCUT2D eigenvalue weighted by Crippen LogP contribution is -1.97. The number of hydrogen-bond acceptors (Lipinski definition) is 8. The molecule has 9 heteroatoms. The standard InChI is InChI=1S/C6H4N8O/c15-14(6-2-4-8-13-10-6)11-5-1-3-7-12-9-5/h1-4H. The first-order valence-electron chi connectivity index (χ1n) is 3.84. The Labute approximate surface area is 83.1 Å². The Morgan fingerprint density at radius 1 is 1.07 bits per heavy atom. The van der Waals surface area contributed by atoms with Crippen molar-refractivity contribution < 1.29 is 4.86 Å². The fourth-order valence-corrected chi connectivity index (χ4v) is 0.769. The van der Waals surface area contributed by atoms with Gasteiger partial charge in [-0.25, -0.2) is 0 Å². The Bertz CT molecular complexity index is 457. The smallest absolute Gasteiger partial charge is 0.378 e. The third-order valence-corrected chi connectivity index (χ3v) is 1.37. The van der Waals surface area contributed by atoms with E-state index in [1.165, 1.54) is 24.5 Å². The maximum Gasteiger partial charge on any atom is 0.378 e. The van der Waals surface area contributed by atoms with E-state index in [1.807, 2.05) is 0 Å². The van der Waals surface area contributed by atoms with Crippen molar-refractivity contribution in [1.29, 1.82) is 0 Å². The number of azo groups is 1. The van der Waals surface area contributed by atoms with Crippen molar-refractivity contribution in [1.82, 2.24) is 30.8 Å². The van der Waals surface area contributed by atoms with Crippen LogP contribution in [-0.4, -0.2) is 35.7 Å². The van der Waals surface area contributed by atoms with Gasteiger partial charge in [-0.2, -0.15) is 0 Å². The molecule has 0 saturated heterocycles. The molecule has 0 aliphatic rings. The zero-order valence-corrected chi connectivity index (χ0v) is 7.30. The van der Waals surface area contributed by atoms with Crippen LogP contribution in [0.4, 0.5) is 11.6 Å². The largest absolute Gasteiger partial charge is 0.690 e. The van der Waals surface area contributed by atoms with Gasteiger partial charge in [-0.3, -0.25) is 0 Å². The third kappa shape index (κ3) is 2.21. The number of hydrogen-bond donors (Lipinski definition) is 0. The molecule has 2 aromatic heterocycles. The van der Waals surface area contributed by atoms with Gasteiger partial charge in [0.1, 0.15) is 5.10 Å². The van der Waals surface area contributed by atoms with E-state index in [2.05, 4.69) is 35.9 Å². The van der Waals surface area contributed by atoms with Gasteiger partial charge in [-0.05, 0) is 5.21 Å². The van der Waals surface area contributed by atoms with Gasteiger partial charge in [-0.1, -0.05) is 5.11 Å². The molecular formula is C6H4N8O. The summed E-state index contributed by atoms with van der Waals surface area (Å²) >= 11 is 0. The van der Waals surface area contributed by atoms with Crippen LogP contribution in [0.15, 0.2) is 29.6 Å². The zero-order valence-electron chi connectivity index (χ0n) is 7.30. The second-order valence-electron chi connectivity index (χ2n) is 2.33. The summed E-state index contributed by atoms with van der Waals surface area (Å²) in [6.07, 6.45) is 2.71. The van der Waals surface area contributed by atoms with Crippen molar-refractivity contribution in [2.75, 3.05) is 0 Å². The molecule has 0 aromatic carbocycles. The Morgan fingerprint density at radius 2 is 1.80 bits per heavy atom. The van der Waals surface area contributed by atoms with Gasteiger partial charge in [0.2, 0.25) is 5.82 Å². The van der Waals surface area contributed by atoms with Crippen LogP contribution < -0.4 is 0 Å². The Balaban J connectivity index is 2.29. The fourth-order valence-electron chi connectivity index (χ4n) is 0.769. The minimum Gasteiger partial charge on any atom is -0.690 e. The van der Waals surface area contributed by atoms with E-state index in [1.54, 1.807) is 0 Å². The van der Waals surface area contributed by atoms with Crippen LogP contribution in [0.25, 0.3) is 0 Å². The molecule has 0 saturated carbocycles. The lowest BCUT2D eigenvalue weighted by Gasteiger charge is -1.99. The van der Waals surface area contributed by atoms with E-state index in [9.17, 15) is 5.21 Å². The molecular weight excluding hydrogens is 200 g/mol. The van der Waals surface area contributed by atoms with Gasteiger partial charge in [-0.15, -0.1) is 20.2 Å². The van der Waals surface area contributed by atoms with Crippen LogP contribution in [0.2, 0.25) is 0 Å². The van der Waals surface area contributed by atoms with Crippen molar-refractivity contribution in [3.05, 3.63) is 29.7 Å². The molecule has 0 bridgehead atoms. The van der Waals surface area contributed by atoms with Crippen LogP contribution in [0.1, 0.15) is 0 Å². The highest BCUT2D eigenvalue weighted by atomic mass is 16.5. The summed E-state index contributed by atoms with van der Waals surface area (Å²) < 4.78 is 0. The highest BCUT2D eigenvalue weighted by molar-refractivity contribution is 5.20. The third-order valence-electron chi connectivity index (χ3n) is 1.37. The summed E-state index contributed by atoms with van der Waals surface area (Å²) in [5.74, 6) is 0.155. The van der Waals surface area contributed by atoms with Crippen LogP contribution in [-0.2, 0) is 0 Å². The van der Waals surface area contributed by atoms with Gasteiger partial charge in [0.05, 0.1) is 23.7 Å². The molecule has 9 nitrogen and oxygen atoms in total. The van der Waals surface area contributed by atoms with Crippen LogP contribution >= 0.6 is 0 Å². The molecule has 74 valence electrons. The first-order valence-corrected chi connectivity index (χ1v) is 3.84. The van der Waals surface area contributed by atoms with Gasteiger partial charge in [0.15, 0.2) is 0 Å². The molecule has 15 heavy (non-hydrogen) atoms. The summed E-state index contributed by atoms with van der Waals surface area (Å²) in [5, 5.41) is 35.4. The van der Waals surface area contributed by atoms with E-state index >= 15 is 0 Å². The van der Waals surface area contributed by atoms with E-state index in [4.69, 9.17) is 0 Å². The SMILES string of the molecule is [O-][N+](=Nc1ccnnn1)c1ccnnn1. The number of nitrogens with zero attached hydrogens (tertiary/aromatic N) is 8. The highest BCUT2D eigenvalue weighted by Crippen LogP contribution is 2.09. The summed E-state index contributed by atoms with van der Waals surface area (Å²) in [7, 11) is 0. The molecule has 0 unspecified atom stereocenters. The maximum atomic E-state index is 11.3. The van der Waals surface area contributed by atoms with Crippen LogP contribution in [0.3, 0.4) is 0 Å². The predicted molar refractivity (Wildman–Crippen MR) is 45.0 cm³/mol. The molecule has 0 atom stereocenters. The maximum absolute atomic E-state index is 11.3. The first-order chi connectivity index (χ1) is 7.36. The van der Waals surface area contributed by atoms with Crippen LogP contribution in [0, 0.1) is 5.21 Å². The molecule has 0 amide bonds. The predicted octanol–water partition coefficient (Wildman–Crippen LogP) is -0.0177. The van der Waals surface area contributed by atoms with Gasteiger partial charge in [0.25, 0.3) is 0 Å². The molecule has 0 spiro atoms. The molecule has 0 N–H and O–H groups in total. The van der Waals surface area contributed by atoms with Gasteiger partial charge in [0, 0.05) is 6.07 Å². The molecule has 2 heterocycles. The lowest BCUT2D eigenvalue weighted by atomic mass is 10.6. The van der Waals surface area contributed by atoms with E-state index < -0.39 is 0 Å². The highest BCUT2D eigenvalue weighted by Gasteiger charge is 2.05.